The predicted molar refractivity (Wildman–Crippen MR) is 279 cm³/mol. The Bertz CT molecular complexity index is 3780. The number of nitrogens with zero attached hydrogens (tertiary/aromatic N) is 21. The minimum absolute atomic E-state index is 0.333. The van der Waals surface area contributed by atoms with E-state index in [1.54, 1.807) is 139 Å². The van der Waals surface area contributed by atoms with Gasteiger partial charge in [-0.2, -0.15) is 30.6 Å². The van der Waals surface area contributed by atoms with Gasteiger partial charge in [-0.05, 0) is 146 Å². The van der Waals surface area contributed by atoms with E-state index < -0.39 is 24.6 Å². The van der Waals surface area contributed by atoms with Crippen LogP contribution in [0.5, 0.6) is 34.5 Å². The molecule has 6 aromatic heterocycles. The quantitative estimate of drug-likeness (QED) is 0.0727. The largest absolute Gasteiger partial charge is 0.447 e. The van der Waals surface area contributed by atoms with Crippen LogP contribution >= 0.6 is 24.6 Å². The van der Waals surface area contributed by atoms with Crippen LogP contribution in [0.25, 0.3) is 34.1 Å². The van der Waals surface area contributed by atoms with Gasteiger partial charge in [0.25, 0.3) is 0 Å². The van der Waals surface area contributed by atoms with Crippen molar-refractivity contribution >= 4 is 24.6 Å². The SMILES string of the molecule is c1ncn(-c2ccc(ON3P(Oc4ccc(-n5cncn5)cc4)N=P(Oc4ccc(-n5cncn5)cc4)(Oc4ccc(-n5cncn5)cc4)N(Oc4ccc(-n5cncn5)cc4)P3Oc3ccc(-n4cncn4)cc3)cc2)n1. The zero-order valence-corrected chi connectivity index (χ0v) is 42.7. The molecule has 7 heterocycles. The van der Waals surface area contributed by atoms with Crippen LogP contribution < -0.4 is 27.8 Å². The minimum atomic E-state index is -4.23. The summed E-state index contributed by atoms with van der Waals surface area (Å²) in [4.78, 5) is 38.9. The minimum Gasteiger partial charge on any atom is -0.440 e. The highest BCUT2D eigenvalue weighted by Gasteiger charge is 2.58. The normalized spacial score (nSPS) is 15.3. The van der Waals surface area contributed by atoms with Gasteiger partial charge in [-0.25, -0.2) is 58.0 Å². The average Bonchev–Trinajstić information content (AvgIpc) is 4.39. The molecule has 1 aliphatic heterocycles. The van der Waals surface area contributed by atoms with E-state index >= 15 is 0 Å². The summed E-state index contributed by atoms with van der Waals surface area (Å²) in [5.74, 6) is 2.17. The topological polar surface area (TPSA) is 258 Å². The van der Waals surface area contributed by atoms with Crippen LogP contribution in [0.2, 0.25) is 0 Å². The second-order valence-corrected chi connectivity index (χ2v) is 21.7. The zero-order valence-electron chi connectivity index (χ0n) is 40.0. The van der Waals surface area contributed by atoms with Crippen molar-refractivity contribution in [2.75, 3.05) is 0 Å². The molecule has 30 heteroatoms. The highest BCUT2D eigenvalue weighted by molar-refractivity contribution is 7.78. The van der Waals surface area contributed by atoms with Crippen LogP contribution in [0.15, 0.2) is 226 Å². The zero-order chi connectivity index (χ0) is 52.1. The maximum atomic E-state index is 7.28. The summed E-state index contributed by atoms with van der Waals surface area (Å²) in [6, 6.07) is 43.4. The summed E-state index contributed by atoms with van der Waals surface area (Å²) < 4.78 is 47.1. The van der Waals surface area contributed by atoms with E-state index in [0.717, 1.165) is 17.1 Å². The van der Waals surface area contributed by atoms with Gasteiger partial charge < -0.3 is 27.8 Å². The van der Waals surface area contributed by atoms with E-state index in [-0.39, 0.29) is 0 Å². The van der Waals surface area contributed by atoms with Crippen LogP contribution in [0.1, 0.15) is 0 Å². The van der Waals surface area contributed by atoms with Crippen LogP contribution in [0.4, 0.5) is 0 Å². The molecule has 2 unspecified atom stereocenters. The van der Waals surface area contributed by atoms with E-state index in [1.165, 1.54) is 47.2 Å². The van der Waals surface area contributed by atoms with Gasteiger partial charge >= 0.3 is 24.6 Å². The van der Waals surface area contributed by atoms with Gasteiger partial charge in [0.2, 0.25) is 0 Å². The molecular formula is C48H36N21O6P3. The molecular weight excluding hydrogens is 1060 g/mol. The summed E-state index contributed by atoms with van der Waals surface area (Å²) in [6.45, 7) is 0. The first-order valence-electron chi connectivity index (χ1n) is 23.2. The van der Waals surface area contributed by atoms with Gasteiger partial charge in [0, 0.05) is 9.21 Å². The lowest BCUT2D eigenvalue weighted by Crippen LogP contribution is -2.37. The van der Waals surface area contributed by atoms with E-state index in [0.29, 0.717) is 51.6 Å². The van der Waals surface area contributed by atoms with Crippen molar-refractivity contribution in [2.45, 2.75) is 0 Å². The van der Waals surface area contributed by atoms with Gasteiger partial charge in [-0.3, -0.25) is 0 Å². The molecule has 0 saturated carbocycles. The number of rotatable bonds is 18. The van der Waals surface area contributed by atoms with Gasteiger partial charge in [0.1, 0.15) is 110 Å². The summed E-state index contributed by atoms with van der Waals surface area (Å²) in [6.07, 6.45) is 18.3. The van der Waals surface area contributed by atoms with Crippen molar-refractivity contribution < 1.29 is 27.8 Å². The Labute approximate surface area is 443 Å². The average molecular weight is 1100 g/mol. The number of aromatic nitrogens is 18. The van der Waals surface area contributed by atoms with Crippen molar-refractivity contribution in [3.8, 4) is 68.6 Å². The monoisotopic (exact) mass is 1100 g/mol. The summed E-state index contributed by atoms with van der Waals surface area (Å²) in [5.41, 5.74) is 4.34. The lowest BCUT2D eigenvalue weighted by Gasteiger charge is -2.43. The standard InChI is InChI=1S/C48H36N21O6P3/c1-13-43(14-2-37(1)62-31-49-25-55-62)70-68-76(72-45-17-5-39(6-18-45)64-33-51-27-57-64)61-78(74-47-21-9-41(10-22-47)66-35-53-29-59-66,75-48-23-11-42(12-24-48)67-36-54-30-60-67)69(71-44-15-3-38(4-16-44)63-32-50-26-56-63)77(68)73-46-19-7-40(8-20-46)65-34-52-28-58-65/h1-36H. The second-order valence-electron chi connectivity index (χ2n) is 16.1. The Kier molecular flexibility index (Phi) is 13.0. The Hall–Kier alpha value is -10.0. The van der Waals surface area contributed by atoms with Gasteiger partial charge in [0.05, 0.1) is 34.1 Å². The first kappa shape index (κ1) is 47.7. The van der Waals surface area contributed by atoms with Crippen molar-refractivity contribution in [3.63, 3.8) is 0 Å². The molecule has 0 amide bonds. The van der Waals surface area contributed by atoms with Crippen molar-refractivity contribution in [1.82, 2.24) is 97.8 Å². The molecule has 0 aliphatic carbocycles. The molecule has 12 aromatic rings. The Morgan fingerprint density at radius 1 is 0.308 bits per heavy atom. The van der Waals surface area contributed by atoms with Crippen LogP contribution in [0.3, 0.4) is 0 Å². The van der Waals surface area contributed by atoms with Crippen molar-refractivity contribution in [2.24, 2.45) is 4.52 Å². The van der Waals surface area contributed by atoms with Crippen molar-refractivity contribution in [3.05, 3.63) is 222 Å². The fourth-order valence-corrected chi connectivity index (χ4v) is 15.0. The van der Waals surface area contributed by atoms with E-state index in [4.69, 9.17) is 32.3 Å². The molecule has 1 aliphatic rings. The number of hydrogen-bond acceptors (Lipinski definition) is 21. The number of hydrogen-bond donors (Lipinski definition) is 0. The highest BCUT2D eigenvalue weighted by Crippen LogP contribution is 2.77. The first-order chi connectivity index (χ1) is 38.5. The highest BCUT2D eigenvalue weighted by atomic mass is 31.3. The molecule has 2 atom stereocenters. The third-order valence-corrected chi connectivity index (χ3v) is 18.0. The lowest BCUT2D eigenvalue weighted by atomic mass is 10.3. The Balaban J connectivity index is 1.00. The van der Waals surface area contributed by atoms with Gasteiger partial charge in [0.15, 0.2) is 0 Å². The van der Waals surface area contributed by atoms with E-state index in [1.807, 2.05) is 72.8 Å². The molecule has 6 aromatic carbocycles. The molecule has 27 nitrogen and oxygen atoms in total. The smallest absolute Gasteiger partial charge is 0.440 e. The fraction of sp³-hybridized carbons (Fsp3) is 0. The molecule has 0 fully saturated rings. The van der Waals surface area contributed by atoms with Crippen molar-refractivity contribution in [1.29, 1.82) is 0 Å². The molecule has 384 valence electrons. The number of benzene rings is 6. The third kappa shape index (κ3) is 10.2. The first-order valence-corrected chi connectivity index (χ1v) is 27.0. The Morgan fingerprint density at radius 2 is 0.590 bits per heavy atom. The summed E-state index contributed by atoms with van der Waals surface area (Å²) >= 11 is 0. The lowest BCUT2D eigenvalue weighted by molar-refractivity contribution is 0.0545. The molecule has 0 saturated heterocycles. The fourth-order valence-electron chi connectivity index (χ4n) is 7.46. The van der Waals surface area contributed by atoms with Crippen LogP contribution in [0, 0.1) is 0 Å². The molecule has 78 heavy (non-hydrogen) atoms. The van der Waals surface area contributed by atoms with Crippen LogP contribution in [-0.2, 0) is 0 Å². The maximum Gasteiger partial charge on any atom is 0.447 e. The third-order valence-electron chi connectivity index (χ3n) is 11.2. The summed E-state index contributed by atoms with van der Waals surface area (Å²) in [5, 5.41) is 25.9. The van der Waals surface area contributed by atoms with E-state index in [9.17, 15) is 0 Å². The summed E-state index contributed by atoms with van der Waals surface area (Å²) in [7, 11) is -9.16. The molecule has 0 radical (unpaired) electrons. The molecule has 0 bridgehead atoms. The molecule has 0 N–H and O–H groups in total. The predicted octanol–water partition coefficient (Wildman–Crippen LogP) is 8.79. The van der Waals surface area contributed by atoms with Gasteiger partial charge in [-0.15, -0.1) is 4.52 Å². The van der Waals surface area contributed by atoms with E-state index in [2.05, 4.69) is 60.5 Å². The Morgan fingerprint density at radius 3 is 0.897 bits per heavy atom. The second kappa shape index (κ2) is 21.3. The molecule has 0 spiro atoms. The van der Waals surface area contributed by atoms with Gasteiger partial charge in [-0.1, -0.05) is 0 Å². The van der Waals surface area contributed by atoms with Crippen LogP contribution in [-0.4, -0.2) is 97.8 Å². The maximum absolute atomic E-state index is 7.28. The molecule has 13 rings (SSSR count).